The number of benzene rings is 1. The number of ether oxygens (including phenoxy) is 1. The number of primary amides is 1. The maximum atomic E-state index is 14.4. The number of likely N-dealkylation sites (N-methyl/N-ethyl adjacent to an activating group) is 1. The van der Waals surface area contributed by atoms with E-state index in [1.165, 1.54) is 44.3 Å². The molecule has 11 nitrogen and oxygen atoms in total. The standard InChI is InChI=1S/C34H40N2O9/c1-14-18-5-4-6-19(37)22(18)27(39)23-21(14)29(45-20(38)13-33-10-15-7-16(11-33)9-17(8-15)12-33)25-26(36(2)3)28(40)24(32(35)43)31(42)34(25,44)30(23)41/h4-6,14-17,21,23-26,29,37,44H,7-13H2,1-3H3,(H2,35,43)/t14-,15?,16?,17?,21+,23?,24?,25+,26-,29-,33?,34-/m0/s1. The zero-order valence-electron chi connectivity index (χ0n) is 25.7. The number of carbonyl (C=O) groups excluding carboxylic acids is 6. The molecule has 2 unspecified atom stereocenters. The summed E-state index contributed by atoms with van der Waals surface area (Å²) in [4.78, 5) is 84.0. The molecular weight excluding hydrogens is 580 g/mol. The van der Waals surface area contributed by atoms with Gasteiger partial charge in [-0.2, -0.15) is 0 Å². The van der Waals surface area contributed by atoms with Gasteiger partial charge in [0.15, 0.2) is 34.7 Å². The van der Waals surface area contributed by atoms with E-state index in [0.29, 0.717) is 23.3 Å². The van der Waals surface area contributed by atoms with Crippen molar-refractivity contribution in [1.82, 2.24) is 4.90 Å². The van der Waals surface area contributed by atoms with E-state index in [1.807, 2.05) is 0 Å². The molecule has 6 saturated carbocycles. The predicted octanol–water partition coefficient (Wildman–Crippen LogP) is 1.56. The molecule has 0 aliphatic heterocycles. The highest BCUT2D eigenvalue weighted by Gasteiger charge is 2.74. The summed E-state index contributed by atoms with van der Waals surface area (Å²) < 4.78 is 6.31. The Morgan fingerprint density at radius 2 is 1.60 bits per heavy atom. The number of nitrogens with zero attached hydrogens (tertiary/aromatic N) is 1. The average molecular weight is 621 g/mol. The summed E-state index contributed by atoms with van der Waals surface area (Å²) in [6, 6.07) is 3.13. The van der Waals surface area contributed by atoms with Crippen LogP contribution in [0.15, 0.2) is 18.2 Å². The van der Waals surface area contributed by atoms with Crippen molar-refractivity contribution in [3.05, 3.63) is 29.3 Å². The lowest BCUT2D eigenvalue weighted by Crippen LogP contribution is -2.78. The second kappa shape index (κ2) is 10.0. The SMILES string of the molecule is C[C@H]1c2cccc(O)c2C(=O)C2C(=O)[C@]3(O)C(=O)C(C(N)=O)C(=O)[C@@H](N(C)C)[C@@H]3[C@@H](OC(=O)CC34CC5CC(CC(C5)C3)C4)[C@@H]21. The van der Waals surface area contributed by atoms with Crippen LogP contribution in [-0.4, -0.2) is 82.0 Å². The number of ketones is 4. The van der Waals surface area contributed by atoms with Gasteiger partial charge in [0, 0.05) is 5.92 Å². The zero-order valence-corrected chi connectivity index (χ0v) is 25.7. The molecule has 0 heterocycles. The zero-order chi connectivity index (χ0) is 32.3. The number of hydrogen-bond donors (Lipinski definition) is 3. The Hall–Kier alpha value is -3.44. The summed E-state index contributed by atoms with van der Waals surface area (Å²) in [6.45, 7) is 1.74. The summed E-state index contributed by atoms with van der Waals surface area (Å²) in [5, 5.41) is 22.9. The number of esters is 1. The van der Waals surface area contributed by atoms with Gasteiger partial charge in [0.25, 0.3) is 0 Å². The maximum absolute atomic E-state index is 14.4. The number of rotatable bonds is 5. The van der Waals surface area contributed by atoms with Crippen LogP contribution < -0.4 is 5.73 Å². The van der Waals surface area contributed by atoms with Crippen LogP contribution in [0, 0.1) is 46.8 Å². The van der Waals surface area contributed by atoms with Crippen molar-refractivity contribution >= 4 is 35.0 Å². The predicted molar refractivity (Wildman–Crippen MR) is 157 cm³/mol. The van der Waals surface area contributed by atoms with Crippen LogP contribution >= 0.6 is 0 Å². The molecule has 0 radical (unpaired) electrons. The summed E-state index contributed by atoms with van der Waals surface area (Å²) in [6.07, 6.45) is 5.03. The first kappa shape index (κ1) is 30.2. The van der Waals surface area contributed by atoms with Crippen molar-refractivity contribution < 1.29 is 43.7 Å². The van der Waals surface area contributed by atoms with Crippen LogP contribution in [0.3, 0.4) is 0 Å². The number of Topliss-reactive ketones (excluding diaryl/α,β-unsaturated/α-hetero) is 4. The van der Waals surface area contributed by atoms with E-state index >= 15 is 0 Å². The lowest BCUT2D eigenvalue weighted by molar-refractivity contribution is -0.207. The Bertz CT molecular complexity index is 1510. The topological polar surface area (TPSA) is 181 Å². The smallest absolute Gasteiger partial charge is 0.306 e. The van der Waals surface area contributed by atoms with Gasteiger partial charge in [-0.1, -0.05) is 19.1 Å². The number of amides is 1. The first-order chi connectivity index (χ1) is 21.2. The Kier molecular flexibility index (Phi) is 6.74. The number of hydrogen-bond acceptors (Lipinski definition) is 10. The van der Waals surface area contributed by atoms with Crippen molar-refractivity contribution in [2.45, 2.75) is 75.5 Å². The molecule has 7 aliphatic carbocycles. The third-order valence-corrected chi connectivity index (χ3v) is 12.3. The van der Waals surface area contributed by atoms with Crippen molar-refractivity contribution in [3.63, 3.8) is 0 Å². The largest absolute Gasteiger partial charge is 0.507 e. The van der Waals surface area contributed by atoms with Gasteiger partial charge in [-0.15, -0.1) is 0 Å². The summed E-state index contributed by atoms with van der Waals surface area (Å²) in [5.41, 5.74) is 2.57. The first-order valence-electron chi connectivity index (χ1n) is 16.0. The molecular formula is C34H40N2O9. The molecule has 0 spiro atoms. The number of fused-ring (bicyclic) bond motifs is 3. The highest BCUT2D eigenvalue weighted by Crippen LogP contribution is 2.62. The maximum Gasteiger partial charge on any atom is 0.306 e. The van der Waals surface area contributed by atoms with Crippen LogP contribution in [0.1, 0.15) is 73.7 Å². The molecule has 1 aromatic rings. The summed E-state index contributed by atoms with van der Waals surface area (Å²) in [5.74, 6) is -11.9. The van der Waals surface area contributed by atoms with Crippen LogP contribution in [0.4, 0.5) is 0 Å². The van der Waals surface area contributed by atoms with E-state index in [2.05, 4.69) is 0 Å². The number of phenols is 1. The first-order valence-corrected chi connectivity index (χ1v) is 16.0. The third kappa shape index (κ3) is 4.15. The van der Waals surface area contributed by atoms with Gasteiger partial charge in [-0.25, -0.2) is 0 Å². The molecule has 11 heteroatoms. The van der Waals surface area contributed by atoms with Gasteiger partial charge in [-0.05, 0) is 93.3 Å². The number of aliphatic hydroxyl groups is 1. The number of aromatic hydroxyl groups is 1. The molecule has 8 atom stereocenters. The minimum absolute atomic E-state index is 0.102. The van der Waals surface area contributed by atoms with Crippen LogP contribution in [0.2, 0.25) is 0 Å². The fourth-order valence-corrected chi connectivity index (χ4v) is 11.1. The van der Waals surface area contributed by atoms with Crippen molar-refractivity contribution in [3.8, 4) is 5.75 Å². The molecule has 7 aliphatic rings. The molecule has 1 aromatic carbocycles. The Balaban J connectivity index is 1.35. The molecule has 4 N–H and O–H groups in total. The van der Waals surface area contributed by atoms with Gasteiger partial charge in [-0.3, -0.25) is 33.7 Å². The fourth-order valence-electron chi connectivity index (χ4n) is 11.1. The van der Waals surface area contributed by atoms with E-state index in [1.54, 1.807) is 19.1 Å². The van der Waals surface area contributed by atoms with Gasteiger partial charge >= 0.3 is 5.97 Å². The highest BCUT2D eigenvalue weighted by atomic mass is 16.5. The molecule has 6 fully saturated rings. The summed E-state index contributed by atoms with van der Waals surface area (Å²) in [7, 11) is 3.01. The van der Waals surface area contributed by atoms with E-state index in [9.17, 15) is 39.0 Å². The Morgan fingerprint density at radius 3 is 2.16 bits per heavy atom. The van der Waals surface area contributed by atoms with Crippen LogP contribution in [0.25, 0.3) is 0 Å². The summed E-state index contributed by atoms with van der Waals surface area (Å²) >= 11 is 0. The molecule has 45 heavy (non-hydrogen) atoms. The third-order valence-electron chi connectivity index (χ3n) is 12.3. The fraction of sp³-hybridized carbons (Fsp3) is 0.647. The average Bonchev–Trinajstić information content (AvgIpc) is 2.93. The molecule has 1 amide bonds. The quantitative estimate of drug-likeness (QED) is 0.323. The van der Waals surface area contributed by atoms with Gasteiger partial charge in [0.2, 0.25) is 5.91 Å². The van der Waals surface area contributed by atoms with Crippen molar-refractivity contribution in [2.24, 2.45) is 52.6 Å². The van der Waals surface area contributed by atoms with E-state index in [0.717, 1.165) is 19.3 Å². The molecule has 0 aromatic heterocycles. The minimum Gasteiger partial charge on any atom is -0.507 e. The van der Waals surface area contributed by atoms with Gasteiger partial charge in [0.05, 0.1) is 29.9 Å². The van der Waals surface area contributed by atoms with Gasteiger partial charge in [0.1, 0.15) is 11.9 Å². The molecule has 0 saturated heterocycles. The Labute approximate surface area is 260 Å². The highest BCUT2D eigenvalue weighted by molar-refractivity contribution is 6.32. The van der Waals surface area contributed by atoms with Crippen LogP contribution in [0.5, 0.6) is 5.75 Å². The second-order valence-electron chi connectivity index (χ2n) is 15.2. The number of phenolic OH excluding ortho intramolecular Hbond substituents is 1. The minimum atomic E-state index is -3.02. The molecule has 8 rings (SSSR count). The number of carbonyl (C=O) groups is 6. The van der Waals surface area contributed by atoms with E-state index in [-0.39, 0.29) is 23.1 Å². The van der Waals surface area contributed by atoms with Crippen molar-refractivity contribution in [1.29, 1.82) is 0 Å². The van der Waals surface area contributed by atoms with Gasteiger partial charge < -0.3 is 20.7 Å². The van der Waals surface area contributed by atoms with E-state index < -0.39 is 82.3 Å². The monoisotopic (exact) mass is 620 g/mol. The number of nitrogens with two attached hydrogens (primary N) is 1. The lowest BCUT2D eigenvalue weighted by Gasteiger charge is -2.58. The van der Waals surface area contributed by atoms with Crippen LogP contribution in [-0.2, 0) is 28.7 Å². The normalized spacial score (nSPS) is 43.1. The van der Waals surface area contributed by atoms with Crippen molar-refractivity contribution in [2.75, 3.05) is 14.1 Å². The van der Waals surface area contributed by atoms with E-state index in [4.69, 9.17) is 10.5 Å². The molecule has 4 bridgehead atoms. The second-order valence-corrected chi connectivity index (χ2v) is 15.2. The lowest BCUT2D eigenvalue weighted by atomic mass is 9.48. The molecule has 240 valence electrons. The Morgan fingerprint density at radius 1 is 1.00 bits per heavy atom.